The summed E-state index contributed by atoms with van der Waals surface area (Å²) in [6.45, 7) is 3.32. The number of hydrogen-bond donors (Lipinski definition) is 1. The summed E-state index contributed by atoms with van der Waals surface area (Å²) in [4.78, 5) is 39.2. The molecule has 3 rings (SSSR count). The van der Waals surface area contributed by atoms with Crippen LogP contribution in [0.2, 0.25) is 0 Å². The molecule has 0 saturated heterocycles. The number of cyclic esters (lactones) is 1. The highest BCUT2D eigenvalue weighted by Gasteiger charge is 2.24. The molecule has 148 valence electrons. The third-order valence-electron chi connectivity index (χ3n) is 3.92. The zero-order valence-electron chi connectivity index (χ0n) is 16.1. The molecule has 1 aliphatic heterocycles. The Bertz CT molecular complexity index is 1010. The molecule has 0 aliphatic carbocycles. The second kappa shape index (κ2) is 8.97. The first-order chi connectivity index (χ1) is 13.9. The Morgan fingerprint density at radius 1 is 1.17 bits per heavy atom. The van der Waals surface area contributed by atoms with Crippen LogP contribution in [0.1, 0.15) is 37.8 Å². The Morgan fingerprint density at radius 2 is 1.93 bits per heavy atom. The second-order valence-corrected chi connectivity index (χ2v) is 6.39. The van der Waals surface area contributed by atoms with Crippen LogP contribution in [-0.4, -0.2) is 23.7 Å². The van der Waals surface area contributed by atoms with Gasteiger partial charge in [-0.05, 0) is 54.5 Å². The van der Waals surface area contributed by atoms with Crippen molar-refractivity contribution < 1.29 is 23.9 Å². The Labute approximate surface area is 168 Å². The van der Waals surface area contributed by atoms with Crippen LogP contribution in [0.25, 0.3) is 6.08 Å². The van der Waals surface area contributed by atoms with E-state index in [1.807, 2.05) is 6.92 Å². The molecule has 2 aromatic carbocycles. The Hall–Kier alpha value is -3.74. The van der Waals surface area contributed by atoms with Gasteiger partial charge in [0.25, 0.3) is 0 Å². The molecule has 0 spiro atoms. The van der Waals surface area contributed by atoms with Crippen molar-refractivity contribution >= 4 is 35.5 Å². The fourth-order valence-corrected chi connectivity index (χ4v) is 2.64. The van der Waals surface area contributed by atoms with Crippen LogP contribution in [0.3, 0.4) is 0 Å². The maximum atomic E-state index is 12.2. The van der Waals surface area contributed by atoms with Crippen molar-refractivity contribution in [2.75, 3.05) is 5.32 Å². The molecule has 1 amide bonds. The van der Waals surface area contributed by atoms with Gasteiger partial charge in [-0.1, -0.05) is 19.1 Å². The van der Waals surface area contributed by atoms with Gasteiger partial charge in [-0.3, -0.25) is 9.59 Å². The van der Waals surface area contributed by atoms with Crippen molar-refractivity contribution in [3.8, 4) is 5.75 Å². The lowest BCUT2D eigenvalue weighted by molar-refractivity contribution is -0.134. The van der Waals surface area contributed by atoms with E-state index in [9.17, 15) is 14.4 Å². The number of carbonyl (C=O) groups is 3. The molecule has 1 heterocycles. The fraction of sp³-hybridized carbons (Fsp3) is 0.182. The molecule has 0 aromatic heterocycles. The summed E-state index contributed by atoms with van der Waals surface area (Å²) in [5, 5.41) is 2.67. The third kappa shape index (κ3) is 5.38. The number of ether oxygens (including phenoxy) is 2. The van der Waals surface area contributed by atoms with Gasteiger partial charge in [-0.15, -0.1) is 0 Å². The average molecular weight is 392 g/mol. The van der Waals surface area contributed by atoms with E-state index in [-0.39, 0.29) is 23.5 Å². The van der Waals surface area contributed by atoms with Crippen LogP contribution in [0, 0.1) is 0 Å². The lowest BCUT2D eigenvalue weighted by Crippen LogP contribution is -2.07. The van der Waals surface area contributed by atoms with Crippen LogP contribution in [0.4, 0.5) is 5.69 Å². The van der Waals surface area contributed by atoms with Gasteiger partial charge in [0.05, 0.1) is 0 Å². The molecule has 0 atom stereocenters. The van der Waals surface area contributed by atoms with Gasteiger partial charge < -0.3 is 14.8 Å². The van der Waals surface area contributed by atoms with Crippen LogP contribution >= 0.6 is 0 Å². The predicted octanol–water partition coefficient (Wildman–Crippen LogP) is 3.70. The van der Waals surface area contributed by atoms with Crippen LogP contribution in [0.5, 0.6) is 5.75 Å². The Balaban J connectivity index is 1.78. The lowest BCUT2D eigenvalue weighted by Gasteiger charge is -2.04. The number of rotatable bonds is 6. The normalized spacial score (nSPS) is 14.3. The summed E-state index contributed by atoms with van der Waals surface area (Å²) in [6.07, 6.45) is 2.61. The fourth-order valence-electron chi connectivity index (χ4n) is 2.64. The Kier molecular flexibility index (Phi) is 6.19. The van der Waals surface area contributed by atoms with Crippen molar-refractivity contribution in [3.63, 3.8) is 0 Å². The van der Waals surface area contributed by atoms with Crippen molar-refractivity contribution in [2.24, 2.45) is 4.99 Å². The molecule has 0 saturated carbocycles. The van der Waals surface area contributed by atoms with Gasteiger partial charge in [0.15, 0.2) is 5.70 Å². The van der Waals surface area contributed by atoms with Crippen molar-refractivity contribution in [3.05, 3.63) is 65.4 Å². The number of nitrogens with one attached hydrogen (secondary N) is 1. The van der Waals surface area contributed by atoms with Gasteiger partial charge in [0.1, 0.15) is 5.75 Å². The Morgan fingerprint density at radius 3 is 2.62 bits per heavy atom. The highest BCUT2D eigenvalue weighted by atomic mass is 16.6. The van der Waals surface area contributed by atoms with E-state index in [1.165, 1.54) is 6.92 Å². The van der Waals surface area contributed by atoms with Gasteiger partial charge in [0, 0.05) is 24.6 Å². The highest BCUT2D eigenvalue weighted by Crippen LogP contribution is 2.22. The molecule has 0 fully saturated rings. The first-order valence-electron chi connectivity index (χ1n) is 9.16. The zero-order valence-corrected chi connectivity index (χ0v) is 16.1. The number of amides is 1. The van der Waals surface area contributed by atoms with Gasteiger partial charge in [-0.2, -0.15) is 0 Å². The molecule has 0 unspecified atom stereocenters. The molecule has 7 heteroatoms. The smallest absolute Gasteiger partial charge is 0.363 e. The van der Waals surface area contributed by atoms with Gasteiger partial charge in [0.2, 0.25) is 11.8 Å². The summed E-state index contributed by atoms with van der Waals surface area (Å²) >= 11 is 0. The van der Waals surface area contributed by atoms with Crippen molar-refractivity contribution in [1.82, 2.24) is 0 Å². The number of esters is 2. The van der Waals surface area contributed by atoms with Crippen LogP contribution in [0.15, 0.2) is 59.2 Å². The maximum absolute atomic E-state index is 12.2. The zero-order chi connectivity index (χ0) is 20.8. The number of hydrogen-bond acceptors (Lipinski definition) is 6. The molecular weight excluding hydrogens is 372 g/mol. The highest BCUT2D eigenvalue weighted by molar-refractivity contribution is 6.13. The topological polar surface area (TPSA) is 94.1 Å². The van der Waals surface area contributed by atoms with Crippen LogP contribution < -0.4 is 10.1 Å². The summed E-state index contributed by atoms with van der Waals surface area (Å²) in [5.41, 5.74) is 2.04. The van der Waals surface area contributed by atoms with E-state index in [0.717, 1.165) is 0 Å². The average Bonchev–Trinajstić information content (AvgIpc) is 3.03. The number of anilines is 1. The number of carbonyl (C=O) groups excluding carboxylic acids is 3. The van der Waals surface area contributed by atoms with Crippen molar-refractivity contribution in [1.29, 1.82) is 0 Å². The SMILES string of the molecule is CCCC(=O)Oc1cccc(/C=C2\N=C(c3ccc(NC(C)=O)cc3)OC2=O)c1. The summed E-state index contributed by atoms with van der Waals surface area (Å²) < 4.78 is 10.5. The molecule has 1 N–H and O–H groups in total. The lowest BCUT2D eigenvalue weighted by atomic mass is 10.2. The molecule has 2 aromatic rings. The predicted molar refractivity (Wildman–Crippen MR) is 108 cm³/mol. The standard InChI is InChI=1S/C22H20N2O5/c1-3-5-20(26)28-18-7-4-6-15(12-18)13-19-22(27)29-21(24-19)16-8-10-17(11-9-16)23-14(2)25/h4,6-13H,3,5H2,1-2H3,(H,23,25)/b19-13-. The van der Waals surface area contributed by atoms with E-state index in [2.05, 4.69) is 10.3 Å². The number of aliphatic imine (C=N–C) groups is 1. The van der Waals surface area contributed by atoms with E-state index in [4.69, 9.17) is 9.47 Å². The number of nitrogens with zero attached hydrogens (tertiary/aromatic N) is 1. The van der Waals surface area contributed by atoms with Crippen LogP contribution in [-0.2, 0) is 19.1 Å². The molecule has 29 heavy (non-hydrogen) atoms. The molecular formula is C22H20N2O5. The van der Waals surface area contributed by atoms with E-state index < -0.39 is 5.97 Å². The molecule has 0 bridgehead atoms. The minimum Gasteiger partial charge on any atom is -0.427 e. The maximum Gasteiger partial charge on any atom is 0.363 e. The largest absolute Gasteiger partial charge is 0.427 e. The number of benzene rings is 2. The minimum absolute atomic E-state index is 0.142. The summed E-state index contributed by atoms with van der Waals surface area (Å²) in [6, 6.07) is 13.6. The third-order valence-corrected chi connectivity index (χ3v) is 3.92. The molecule has 1 aliphatic rings. The minimum atomic E-state index is -0.570. The van der Waals surface area contributed by atoms with E-state index >= 15 is 0 Å². The monoisotopic (exact) mass is 392 g/mol. The second-order valence-electron chi connectivity index (χ2n) is 6.39. The summed E-state index contributed by atoms with van der Waals surface area (Å²) in [5.74, 6) is -0.460. The van der Waals surface area contributed by atoms with Crippen molar-refractivity contribution in [2.45, 2.75) is 26.7 Å². The molecule has 7 nitrogen and oxygen atoms in total. The quantitative estimate of drug-likeness (QED) is 0.460. The first kappa shape index (κ1) is 20.0. The summed E-state index contributed by atoms with van der Waals surface area (Å²) in [7, 11) is 0. The first-order valence-corrected chi connectivity index (χ1v) is 9.16. The van der Waals surface area contributed by atoms with E-state index in [1.54, 1.807) is 54.6 Å². The van der Waals surface area contributed by atoms with Gasteiger partial charge >= 0.3 is 11.9 Å². The van der Waals surface area contributed by atoms with E-state index in [0.29, 0.717) is 35.4 Å². The molecule has 0 radical (unpaired) electrons. The van der Waals surface area contributed by atoms with Gasteiger partial charge in [-0.25, -0.2) is 9.79 Å².